The lowest BCUT2D eigenvalue weighted by Crippen LogP contribution is -2.62. The highest BCUT2D eigenvalue weighted by molar-refractivity contribution is 7.92. The SMILES string of the molecule is CCC(CS(=O)(=O)C(C)(C)C)N1C(=O)[C@@](C)(CC(=O)O)O[C@H](c2cccc(Cl)c2)[C@H]1c1ccc(Cl)cc1. The highest BCUT2D eigenvalue weighted by Crippen LogP contribution is 2.48. The number of aliphatic carboxylic acids is 1. The summed E-state index contributed by atoms with van der Waals surface area (Å²) in [6.45, 7) is 8.12. The van der Waals surface area contributed by atoms with Crippen LogP contribution >= 0.6 is 23.2 Å². The van der Waals surface area contributed by atoms with Crippen LogP contribution in [0.15, 0.2) is 48.5 Å². The van der Waals surface area contributed by atoms with Gasteiger partial charge in [-0.05, 0) is 69.5 Å². The van der Waals surface area contributed by atoms with Gasteiger partial charge in [0.15, 0.2) is 15.4 Å². The van der Waals surface area contributed by atoms with Crippen LogP contribution < -0.4 is 0 Å². The van der Waals surface area contributed by atoms with E-state index in [1.807, 2.05) is 6.92 Å². The van der Waals surface area contributed by atoms with Gasteiger partial charge in [0, 0.05) is 16.1 Å². The van der Waals surface area contributed by atoms with Crippen LogP contribution in [-0.2, 0) is 24.2 Å². The van der Waals surface area contributed by atoms with Crippen LogP contribution in [0.2, 0.25) is 10.0 Å². The first-order valence-electron chi connectivity index (χ1n) is 12.0. The molecule has 1 amide bonds. The lowest BCUT2D eigenvalue weighted by molar-refractivity contribution is -0.206. The number of carbonyl (C=O) groups is 2. The van der Waals surface area contributed by atoms with Crippen molar-refractivity contribution in [2.24, 2.45) is 0 Å². The van der Waals surface area contributed by atoms with Crippen LogP contribution in [0.5, 0.6) is 0 Å². The van der Waals surface area contributed by atoms with Crippen molar-refractivity contribution in [3.8, 4) is 0 Å². The van der Waals surface area contributed by atoms with Gasteiger partial charge < -0.3 is 14.7 Å². The maximum Gasteiger partial charge on any atom is 0.306 e. The first-order valence-corrected chi connectivity index (χ1v) is 14.5. The molecular formula is C27H33Cl2NO6S. The van der Waals surface area contributed by atoms with Crippen molar-refractivity contribution in [3.63, 3.8) is 0 Å². The van der Waals surface area contributed by atoms with Crippen LogP contribution in [0, 0.1) is 0 Å². The predicted molar refractivity (Wildman–Crippen MR) is 145 cm³/mol. The van der Waals surface area contributed by atoms with Gasteiger partial charge in [0.1, 0.15) is 6.10 Å². The molecule has 4 atom stereocenters. The molecule has 0 saturated carbocycles. The van der Waals surface area contributed by atoms with Crippen LogP contribution in [-0.4, -0.2) is 52.4 Å². The Hall–Kier alpha value is -2.13. The van der Waals surface area contributed by atoms with Crippen molar-refractivity contribution in [1.29, 1.82) is 0 Å². The van der Waals surface area contributed by atoms with E-state index < -0.39 is 56.7 Å². The quantitative estimate of drug-likeness (QED) is 0.427. The van der Waals surface area contributed by atoms with Crippen molar-refractivity contribution >= 4 is 44.9 Å². The van der Waals surface area contributed by atoms with Crippen molar-refractivity contribution in [2.75, 3.05) is 5.75 Å². The Morgan fingerprint density at radius 3 is 2.24 bits per heavy atom. The van der Waals surface area contributed by atoms with Gasteiger partial charge in [-0.25, -0.2) is 8.42 Å². The number of benzene rings is 2. The number of hydrogen-bond donors (Lipinski definition) is 1. The number of amides is 1. The zero-order valence-corrected chi connectivity index (χ0v) is 23.9. The number of halogens is 2. The number of rotatable bonds is 8. The van der Waals surface area contributed by atoms with E-state index in [4.69, 9.17) is 27.9 Å². The number of ether oxygens (including phenoxy) is 1. The maximum absolute atomic E-state index is 14.1. The van der Waals surface area contributed by atoms with Crippen LogP contribution in [0.3, 0.4) is 0 Å². The van der Waals surface area contributed by atoms with Gasteiger partial charge in [-0.3, -0.25) is 9.59 Å². The molecule has 37 heavy (non-hydrogen) atoms. The molecule has 2 aromatic carbocycles. The molecule has 1 unspecified atom stereocenters. The van der Waals surface area contributed by atoms with E-state index in [-0.39, 0.29) is 5.75 Å². The standard InChI is InChI=1S/C27H33Cl2NO6S/c1-6-21(16-37(34,35)26(2,3)4)30-23(17-10-12-19(28)13-11-17)24(18-8-7-9-20(29)14-18)36-27(5,25(30)33)15-22(31)32/h7-14,21,23-24H,6,15-16H2,1-5H3,(H,31,32)/t21?,23-,24-,27-/m1/s1. The molecule has 1 fully saturated rings. The second-order valence-corrected chi connectivity index (χ2v) is 14.2. The average Bonchev–Trinajstić information content (AvgIpc) is 2.78. The molecule has 0 radical (unpaired) electrons. The summed E-state index contributed by atoms with van der Waals surface area (Å²) >= 11 is 12.4. The molecule has 202 valence electrons. The highest BCUT2D eigenvalue weighted by Gasteiger charge is 2.54. The van der Waals surface area contributed by atoms with Gasteiger partial charge in [0.05, 0.1) is 23.0 Å². The van der Waals surface area contributed by atoms with E-state index in [0.717, 1.165) is 0 Å². The summed E-state index contributed by atoms with van der Waals surface area (Å²) in [4.78, 5) is 27.5. The predicted octanol–water partition coefficient (Wildman–Crippen LogP) is 5.86. The summed E-state index contributed by atoms with van der Waals surface area (Å²) in [5.41, 5.74) is -0.428. The van der Waals surface area contributed by atoms with E-state index >= 15 is 0 Å². The van der Waals surface area contributed by atoms with E-state index in [1.165, 1.54) is 11.8 Å². The van der Waals surface area contributed by atoms with Crippen molar-refractivity contribution in [2.45, 2.75) is 76.0 Å². The molecule has 0 bridgehead atoms. The molecule has 10 heteroatoms. The molecule has 7 nitrogen and oxygen atoms in total. The Morgan fingerprint density at radius 2 is 1.73 bits per heavy atom. The molecule has 1 N–H and O–H groups in total. The number of nitrogens with zero attached hydrogens (tertiary/aromatic N) is 1. The van der Waals surface area contributed by atoms with Gasteiger partial charge in [-0.15, -0.1) is 0 Å². The molecule has 2 aromatic rings. The summed E-state index contributed by atoms with van der Waals surface area (Å²) < 4.78 is 31.9. The topological polar surface area (TPSA) is 101 Å². The first kappa shape index (κ1) is 29.4. The van der Waals surface area contributed by atoms with Crippen LogP contribution in [0.25, 0.3) is 0 Å². The summed E-state index contributed by atoms with van der Waals surface area (Å²) in [5, 5.41) is 10.6. The van der Waals surface area contributed by atoms with Crippen molar-refractivity contribution < 1.29 is 27.9 Å². The van der Waals surface area contributed by atoms with Gasteiger partial charge in [-0.1, -0.05) is 54.4 Å². The third-order valence-electron chi connectivity index (χ3n) is 6.75. The third-order valence-corrected chi connectivity index (χ3v) is 9.92. The molecule has 1 saturated heterocycles. The number of carboxylic acids is 1. The van der Waals surface area contributed by atoms with E-state index in [0.29, 0.717) is 27.6 Å². The number of sulfone groups is 1. The molecular weight excluding hydrogens is 537 g/mol. The van der Waals surface area contributed by atoms with Gasteiger partial charge in [-0.2, -0.15) is 0 Å². The Morgan fingerprint density at radius 1 is 1.11 bits per heavy atom. The van der Waals surface area contributed by atoms with Crippen LogP contribution in [0.1, 0.15) is 70.7 Å². The monoisotopic (exact) mass is 569 g/mol. The summed E-state index contributed by atoms with van der Waals surface area (Å²) in [6, 6.07) is 12.3. The number of morpholine rings is 1. The van der Waals surface area contributed by atoms with E-state index in [1.54, 1.807) is 69.3 Å². The van der Waals surface area contributed by atoms with E-state index in [9.17, 15) is 23.1 Å². The molecule has 1 aliphatic rings. The molecule has 0 spiro atoms. The fourth-order valence-corrected chi connectivity index (χ4v) is 6.29. The van der Waals surface area contributed by atoms with Crippen LogP contribution in [0.4, 0.5) is 0 Å². The largest absolute Gasteiger partial charge is 0.481 e. The molecule has 1 heterocycles. The fourth-order valence-electron chi connectivity index (χ4n) is 4.57. The van der Waals surface area contributed by atoms with E-state index in [2.05, 4.69) is 0 Å². The number of hydrogen-bond acceptors (Lipinski definition) is 5. The Labute approximate surface area is 228 Å². The normalized spacial score (nSPS) is 23.6. The minimum atomic E-state index is -3.64. The average molecular weight is 571 g/mol. The number of carbonyl (C=O) groups excluding carboxylic acids is 1. The van der Waals surface area contributed by atoms with Gasteiger partial charge >= 0.3 is 5.97 Å². The molecule has 0 aromatic heterocycles. The smallest absolute Gasteiger partial charge is 0.306 e. The summed E-state index contributed by atoms with van der Waals surface area (Å²) in [5.74, 6) is -2.07. The van der Waals surface area contributed by atoms with Gasteiger partial charge in [0.2, 0.25) is 0 Å². The summed E-state index contributed by atoms with van der Waals surface area (Å²) in [7, 11) is -3.64. The second-order valence-electron chi connectivity index (χ2n) is 10.6. The third kappa shape index (κ3) is 6.30. The zero-order chi connectivity index (χ0) is 27.8. The fraction of sp³-hybridized carbons (Fsp3) is 0.481. The van der Waals surface area contributed by atoms with Gasteiger partial charge in [0.25, 0.3) is 5.91 Å². The second kappa shape index (κ2) is 10.9. The maximum atomic E-state index is 14.1. The van der Waals surface area contributed by atoms with Crippen molar-refractivity contribution in [3.05, 3.63) is 69.7 Å². The Kier molecular flexibility index (Phi) is 8.69. The lowest BCUT2D eigenvalue weighted by Gasteiger charge is -2.51. The Bertz CT molecular complexity index is 1260. The Balaban J connectivity index is 2.27. The summed E-state index contributed by atoms with van der Waals surface area (Å²) in [6.07, 6.45) is -1.08. The minimum absolute atomic E-state index is 0.283. The first-order chi connectivity index (χ1) is 17.1. The highest BCUT2D eigenvalue weighted by atomic mass is 35.5. The molecule has 3 rings (SSSR count). The van der Waals surface area contributed by atoms with Crippen molar-refractivity contribution in [1.82, 2.24) is 4.90 Å². The molecule has 0 aliphatic carbocycles. The molecule has 1 aliphatic heterocycles. The minimum Gasteiger partial charge on any atom is -0.481 e. The number of carboxylic acid groups (broad SMARTS) is 1. The lowest BCUT2D eigenvalue weighted by atomic mass is 9.86. The zero-order valence-electron chi connectivity index (χ0n) is 21.6.